The molecule has 1 amide bonds. The molecule has 4 heteroatoms. The normalized spacial score (nSPS) is 13.6. The zero-order valence-corrected chi connectivity index (χ0v) is 10.4. The second-order valence-electron chi connectivity index (χ2n) is 4.16. The van der Waals surface area contributed by atoms with Crippen molar-refractivity contribution in [1.82, 2.24) is 5.32 Å². The minimum absolute atomic E-state index is 0.319. The van der Waals surface area contributed by atoms with Gasteiger partial charge in [-0.3, -0.25) is 4.79 Å². The fourth-order valence-corrected chi connectivity index (χ4v) is 1.98. The highest BCUT2D eigenvalue weighted by Gasteiger charge is 2.39. The van der Waals surface area contributed by atoms with Crippen molar-refractivity contribution in [1.29, 1.82) is 0 Å². The third-order valence-corrected chi connectivity index (χ3v) is 3.01. The van der Waals surface area contributed by atoms with Gasteiger partial charge in [-0.25, -0.2) is 4.39 Å². The van der Waals surface area contributed by atoms with Gasteiger partial charge in [-0.1, -0.05) is 42.5 Å². The van der Waals surface area contributed by atoms with Crippen LogP contribution in [0.25, 0.3) is 0 Å². The van der Waals surface area contributed by atoms with Gasteiger partial charge in [-0.2, -0.15) is 0 Å². The molecule has 0 aliphatic carbocycles. The molecule has 0 spiro atoms. The smallest absolute Gasteiger partial charge is 0.261 e. The highest BCUT2D eigenvalue weighted by Crippen LogP contribution is 2.29. The molecule has 2 aromatic rings. The van der Waals surface area contributed by atoms with Gasteiger partial charge in [0, 0.05) is 7.05 Å². The molecule has 3 nitrogen and oxygen atoms in total. The first-order valence-electron chi connectivity index (χ1n) is 5.85. The predicted molar refractivity (Wildman–Crippen MR) is 69.9 cm³/mol. The van der Waals surface area contributed by atoms with Crippen LogP contribution < -0.4 is 5.32 Å². The van der Waals surface area contributed by atoms with Crippen molar-refractivity contribution in [3.8, 4) is 0 Å². The molecule has 0 bridgehead atoms. The molecular weight excluding hydrogens is 245 g/mol. The Balaban J connectivity index is 2.58. The van der Waals surface area contributed by atoms with E-state index in [1.165, 1.54) is 31.3 Å². The van der Waals surface area contributed by atoms with Gasteiger partial charge >= 0.3 is 0 Å². The number of carbonyl (C=O) groups excluding carboxylic acids is 1. The zero-order chi connectivity index (χ0) is 13.9. The Labute approximate surface area is 110 Å². The maximum Gasteiger partial charge on any atom is 0.261 e. The lowest BCUT2D eigenvalue weighted by molar-refractivity contribution is -0.136. The van der Waals surface area contributed by atoms with Crippen molar-refractivity contribution in [3.05, 3.63) is 71.5 Å². The summed E-state index contributed by atoms with van der Waals surface area (Å²) in [7, 11) is 1.44. The highest BCUT2D eigenvalue weighted by atomic mass is 19.1. The second kappa shape index (κ2) is 5.20. The number of rotatable bonds is 3. The first-order valence-corrected chi connectivity index (χ1v) is 5.85. The maximum atomic E-state index is 13.0. The number of aliphatic hydroxyl groups is 1. The number of halogens is 1. The summed E-state index contributed by atoms with van der Waals surface area (Å²) in [6.07, 6.45) is 0. The van der Waals surface area contributed by atoms with Crippen LogP contribution in [0.5, 0.6) is 0 Å². The van der Waals surface area contributed by atoms with Gasteiger partial charge in [0.15, 0.2) is 5.60 Å². The lowest BCUT2D eigenvalue weighted by Gasteiger charge is -2.27. The zero-order valence-electron chi connectivity index (χ0n) is 10.4. The molecular formula is C15H14FNO2. The summed E-state index contributed by atoms with van der Waals surface area (Å²) in [5.74, 6) is -0.985. The molecule has 0 fully saturated rings. The second-order valence-corrected chi connectivity index (χ2v) is 4.16. The summed E-state index contributed by atoms with van der Waals surface area (Å²) >= 11 is 0. The number of nitrogens with one attached hydrogen (secondary N) is 1. The Bertz CT molecular complexity index is 568. The van der Waals surface area contributed by atoms with Crippen LogP contribution in [-0.2, 0) is 10.4 Å². The van der Waals surface area contributed by atoms with Crippen LogP contribution in [0.2, 0.25) is 0 Å². The van der Waals surface area contributed by atoms with Crippen LogP contribution in [0.15, 0.2) is 54.6 Å². The molecule has 1 atom stereocenters. The number of carbonyl (C=O) groups is 1. The molecule has 2 aromatic carbocycles. The first kappa shape index (κ1) is 13.2. The Morgan fingerprint density at radius 3 is 2.11 bits per heavy atom. The van der Waals surface area contributed by atoms with Crippen LogP contribution in [0.1, 0.15) is 11.1 Å². The van der Waals surface area contributed by atoms with Crippen LogP contribution in [-0.4, -0.2) is 18.1 Å². The van der Waals surface area contributed by atoms with E-state index in [0.717, 1.165) is 0 Å². The molecule has 1 unspecified atom stereocenters. The van der Waals surface area contributed by atoms with Crippen molar-refractivity contribution >= 4 is 5.91 Å². The van der Waals surface area contributed by atoms with E-state index in [-0.39, 0.29) is 0 Å². The summed E-state index contributed by atoms with van der Waals surface area (Å²) in [4.78, 5) is 12.1. The predicted octanol–water partition coefficient (Wildman–Crippen LogP) is 1.81. The van der Waals surface area contributed by atoms with E-state index in [0.29, 0.717) is 11.1 Å². The summed E-state index contributed by atoms with van der Waals surface area (Å²) in [5.41, 5.74) is -1.08. The lowest BCUT2D eigenvalue weighted by atomic mass is 9.85. The average Bonchev–Trinajstić information content (AvgIpc) is 2.47. The fraction of sp³-hybridized carbons (Fsp3) is 0.133. The molecule has 19 heavy (non-hydrogen) atoms. The van der Waals surface area contributed by atoms with Crippen molar-refractivity contribution in [2.45, 2.75) is 5.60 Å². The number of hydrogen-bond donors (Lipinski definition) is 2. The van der Waals surface area contributed by atoms with Gasteiger partial charge in [0.25, 0.3) is 5.91 Å². The molecule has 0 saturated carbocycles. The number of benzene rings is 2. The van der Waals surface area contributed by atoms with E-state index < -0.39 is 17.3 Å². The molecule has 0 aliphatic rings. The van der Waals surface area contributed by atoms with Crippen LogP contribution in [0, 0.1) is 5.82 Å². The minimum Gasteiger partial charge on any atom is -0.372 e. The Morgan fingerprint density at radius 2 is 1.58 bits per heavy atom. The van der Waals surface area contributed by atoms with Gasteiger partial charge in [0.1, 0.15) is 5.82 Å². The SMILES string of the molecule is CNC(=O)C(O)(c1ccccc1)c1ccc(F)cc1. The van der Waals surface area contributed by atoms with Crippen molar-refractivity contribution in [2.24, 2.45) is 0 Å². The molecule has 0 aliphatic heterocycles. The molecule has 2 N–H and O–H groups in total. The maximum absolute atomic E-state index is 13.0. The molecule has 0 radical (unpaired) electrons. The van der Waals surface area contributed by atoms with Crippen molar-refractivity contribution < 1.29 is 14.3 Å². The Morgan fingerprint density at radius 1 is 1.05 bits per heavy atom. The van der Waals surface area contributed by atoms with Crippen molar-refractivity contribution in [3.63, 3.8) is 0 Å². The monoisotopic (exact) mass is 259 g/mol. The van der Waals surface area contributed by atoms with Gasteiger partial charge in [0.2, 0.25) is 0 Å². The van der Waals surface area contributed by atoms with Crippen LogP contribution in [0.3, 0.4) is 0 Å². The number of amides is 1. The third-order valence-electron chi connectivity index (χ3n) is 3.01. The Kier molecular flexibility index (Phi) is 3.62. The van der Waals surface area contributed by atoms with E-state index in [9.17, 15) is 14.3 Å². The molecule has 0 saturated heterocycles. The quantitative estimate of drug-likeness (QED) is 0.883. The third kappa shape index (κ3) is 2.35. The van der Waals surface area contributed by atoms with Crippen molar-refractivity contribution in [2.75, 3.05) is 7.05 Å². The summed E-state index contributed by atoms with van der Waals surface area (Å²) in [5, 5.41) is 13.2. The van der Waals surface area contributed by atoms with Gasteiger partial charge in [-0.05, 0) is 23.3 Å². The van der Waals surface area contributed by atoms with Crippen LogP contribution >= 0.6 is 0 Å². The largest absolute Gasteiger partial charge is 0.372 e. The summed E-state index contributed by atoms with van der Waals surface area (Å²) in [6.45, 7) is 0. The van der Waals surface area contributed by atoms with E-state index in [2.05, 4.69) is 5.32 Å². The summed E-state index contributed by atoms with van der Waals surface area (Å²) in [6, 6.07) is 13.8. The number of likely N-dealkylation sites (N-methyl/N-ethyl adjacent to an activating group) is 1. The first-order chi connectivity index (χ1) is 9.09. The fourth-order valence-electron chi connectivity index (χ4n) is 1.98. The van der Waals surface area contributed by atoms with Crippen LogP contribution in [0.4, 0.5) is 4.39 Å². The molecule has 0 aromatic heterocycles. The van der Waals surface area contributed by atoms with E-state index in [1.54, 1.807) is 30.3 Å². The van der Waals surface area contributed by atoms with E-state index in [4.69, 9.17) is 0 Å². The Hall–Kier alpha value is -2.20. The average molecular weight is 259 g/mol. The van der Waals surface area contributed by atoms with Gasteiger partial charge in [-0.15, -0.1) is 0 Å². The summed E-state index contributed by atoms with van der Waals surface area (Å²) < 4.78 is 13.0. The standard InChI is InChI=1S/C15H14FNO2/c1-17-14(18)15(19,11-5-3-2-4-6-11)12-7-9-13(16)10-8-12/h2-10,19H,1H3,(H,17,18). The molecule has 2 rings (SSSR count). The topological polar surface area (TPSA) is 49.3 Å². The molecule has 0 heterocycles. The molecule has 98 valence electrons. The minimum atomic E-state index is -1.83. The highest BCUT2D eigenvalue weighted by molar-refractivity contribution is 5.89. The van der Waals surface area contributed by atoms with Gasteiger partial charge in [0.05, 0.1) is 0 Å². The number of hydrogen-bond acceptors (Lipinski definition) is 2. The lowest BCUT2D eigenvalue weighted by Crippen LogP contribution is -2.43. The van der Waals surface area contributed by atoms with E-state index in [1.807, 2.05) is 0 Å². The van der Waals surface area contributed by atoms with E-state index >= 15 is 0 Å². The van der Waals surface area contributed by atoms with Gasteiger partial charge < -0.3 is 10.4 Å².